The summed E-state index contributed by atoms with van der Waals surface area (Å²) in [5.74, 6) is 0. The molecule has 0 saturated heterocycles. The average Bonchev–Trinajstić information content (AvgIpc) is 2.69. The highest BCUT2D eigenvalue weighted by Crippen LogP contribution is 2.27. The number of halogens is 1. The molecule has 1 aromatic heterocycles. The van der Waals surface area contributed by atoms with Gasteiger partial charge in [-0.05, 0) is 30.2 Å². The van der Waals surface area contributed by atoms with Crippen molar-refractivity contribution in [2.45, 2.75) is 13.0 Å². The third-order valence-corrected chi connectivity index (χ3v) is 2.72. The first-order chi connectivity index (χ1) is 7.18. The predicted molar refractivity (Wildman–Crippen MR) is 60.9 cm³/mol. The number of benzene rings is 1. The van der Waals surface area contributed by atoms with Crippen LogP contribution in [0.1, 0.15) is 22.7 Å². The lowest BCUT2D eigenvalue weighted by atomic mass is 10.0. The van der Waals surface area contributed by atoms with Crippen molar-refractivity contribution in [1.29, 1.82) is 0 Å². The molecule has 0 aliphatic carbocycles. The van der Waals surface area contributed by atoms with Gasteiger partial charge in [-0.1, -0.05) is 23.7 Å². The normalized spacial score (nSPS) is 12.7. The van der Waals surface area contributed by atoms with E-state index in [9.17, 15) is 0 Å². The minimum Gasteiger partial charge on any atom is -0.472 e. The third kappa shape index (κ3) is 2.06. The van der Waals surface area contributed by atoms with Gasteiger partial charge in [-0.3, -0.25) is 0 Å². The first kappa shape index (κ1) is 10.3. The summed E-state index contributed by atoms with van der Waals surface area (Å²) in [6.07, 6.45) is 3.25. The molecule has 78 valence electrons. The Morgan fingerprint density at radius 3 is 2.73 bits per heavy atom. The van der Waals surface area contributed by atoms with Crippen molar-refractivity contribution in [3.63, 3.8) is 0 Å². The Kier molecular flexibility index (Phi) is 2.80. The van der Waals surface area contributed by atoms with Crippen molar-refractivity contribution in [3.05, 3.63) is 58.5 Å². The number of rotatable bonds is 2. The molecule has 0 aliphatic heterocycles. The van der Waals surface area contributed by atoms with Crippen LogP contribution in [-0.4, -0.2) is 0 Å². The Bertz CT molecular complexity index is 451. The molecule has 0 radical (unpaired) electrons. The quantitative estimate of drug-likeness (QED) is 0.845. The van der Waals surface area contributed by atoms with E-state index in [0.717, 1.165) is 16.7 Å². The summed E-state index contributed by atoms with van der Waals surface area (Å²) < 4.78 is 5.00. The summed E-state index contributed by atoms with van der Waals surface area (Å²) >= 11 is 6.13. The maximum atomic E-state index is 6.13. The molecule has 0 amide bonds. The van der Waals surface area contributed by atoms with E-state index in [1.54, 1.807) is 12.5 Å². The van der Waals surface area contributed by atoms with Crippen LogP contribution >= 0.6 is 11.6 Å². The summed E-state index contributed by atoms with van der Waals surface area (Å²) in [6, 6.07) is 7.49. The Hall–Kier alpha value is -1.25. The molecule has 0 spiro atoms. The average molecular weight is 222 g/mol. The molecule has 2 aromatic rings. The van der Waals surface area contributed by atoms with Crippen molar-refractivity contribution in [2.75, 3.05) is 0 Å². The van der Waals surface area contributed by atoms with Gasteiger partial charge in [-0.25, -0.2) is 0 Å². The first-order valence-corrected chi connectivity index (χ1v) is 5.10. The summed E-state index contributed by atoms with van der Waals surface area (Å²) in [6.45, 7) is 2.00. The highest BCUT2D eigenvalue weighted by Gasteiger charge is 2.13. The zero-order valence-corrected chi connectivity index (χ0v) is 9.16. The van der Waals surface area contributed by atoms with E-state index < -0.39 is 0 Å². The molecule has 3 heteroatoms. The molecule has 15 heavy (non-hydrogen) atoms. The van der Waals surface area contributed by atoms with Crippen molar-refractivity contribution in [3.8, 4) is 0 Å². The maximum absolute atomic E-state index is 6.13. The molecule has 1 unspecified atom stereocenters. The first-order valence-electron chi connectivity index (χ1n) is 4.72. The molecule has 0 bridgehead atoms. The molecule has 1 heterocycles. The summed E-state index contributed by atoms with van der Waals surface area (Å²) in [5.41, 5.74) is 9.05. The minimum atomic E-state index is -0.225. The fourth-order valence-electron chi connectivity index (χ4n) is 1.52. The van der Waals surface area contributed by atoms with Crippen LogP contribution in [0.4, 0.5) is 0 Å². The van der Waals surface area contributed by atoms with Gasteiger partial charge in [0.05, 0.1) is 18.6 Å². The second kappa shape index (κ2) is 4.09. The van der Waals surface area contributed by atoms with Gasteiger partial charge in [0.1, 0.15) is 0 Å². The Labute approximate surface area is 93.7 Å². The predicted octanol–water partition coefficient (Wildman–Crippen LogP) is 3.29. The molecule has 1 atom stereocenters. The van der Waals surface area contributed by atoms with Crippen LogP contribution in [-0.2, 0) is 0 Å². The largest absolute Gasteiger partial charge is 0.472 e. The number of nitrogens with two attached hydrogens (primary N) is 1. The monoisotopic (exact) mass is 221 g/mol. The summed E-state index contributed by atoms with van der Waals surface area (Å²) in [4.78, 5) is 0. The van der Waals surface area contributed by atoms with Crippen LogP contribution in [0.3, 0.4) is 0 Å². The Morgan fingerprint density at radius 2 is 2.13 bits per heavy atom. The molecule has 2 N–H and O–H groups in total. The van der Waals surface area contributed by atoms with Crippen LogP contribution in [0.2, 0.25) is 5.02 Å². The van der Waals surface area contributed by atoms with E-state index in [4.69, 9.17) is 21.8 Å². The molecule has 0 aliphatic rings. The van der Waals surface area contributed by atoms with Gasteiger partial charge in [-0.2, -0.15) is 0 Å². The van der Waals surface area contributed by atoms with Crippen molar-refractivity contribution in [1.82, 2.24) is 0 Å². The smallest absolute Gasteiger partial charge is 0.0953 e. The van der Waals surface area contributed by atoms with Crippen LogP contribution < -0.4 is 5.73 Å². The van der Waals surface area contributed by atoms with Crippen LogP contribution in [0.25, 0.3) is 0 Å². The highest BCUT2D eigenvalue weighted by atomic mass is 35.5. The lowest BCUT2D eigenvalue weighted by Gasteiger charge is -2.12. The zero-order valence-electron chi connectivity index (χ0n) is 8.41. The van der Waals surface area contributed by atoms with E-state index in [0.29, 0.717) is 5.02 Å². The summed E-state index contributed by atoms with van der Waals surface area (Å²) in [7, 11) is 0. The SMILES string of the molecule is Cc1ccc(C(N)c2ccoc2)c(Cl)c1. The lowest BCUT2D eigenvalue weighted by Crippen LogP contribution is -2.11. The van der Waals surface area contributed by atoms with Gasteiger partial charge < -0.3 is 10.2 Å². The fourth-order valence-corrected chi connectivity index (χ4v) is 1.87. The van der Waals surface area contributed by atoms with Gasteiger partial charge in [0.25, 0.3) is 0 Å². The van der Waals surface area contributed by atoms with E-state index >= 15 is 0 Å². The molecular weight excluding hydrogens is 210 g/mol. The lowest BCUT2D eigenvalue weighted by molar-refractivity contribution is 0.562. The minimum absolute atomic E-state index is 0.225. The number of aryl methyl sites for hydroxylation is 1. The molecule has 0 saturated carbocycles. The van der Waals surface area contributed by atoms with Crippen molar-refractivity contribution < 1.29 is 4.42 Å². The van der Waals surface area contributed by atoms with E-state index in [1.807, 2.05) is 31.2 Å². The fraction of sp³-hybridized carbons (Fsp3) is 0.167. The molecule has 2 nitrogen and oxygen atoms in total. The Morgan fingerprint density at radius 1 is 1.33 bits per heavy atom. The standard InChI is InChI=1S/C12H12ClNO/c1-8-2-3-10(11(13)6-8)12(14)9-4-5-15-7-9/h2-7,12H,14H2,1H3. The van der Waals surface area contributed by atoms with Gasteiger partial charge in [0.15, 0.2) is 0 Å². The van der Waals surface area contributed by atoms with Crippen LogP contribution in [0.15, 0.2) is 41.2 Å². The van der Waals surface area contributed by atoms with Crippen LogP contribution in [0.5, 0.6) is 0 Å². The number of hydrogen-bond donors (Lipinski definition) is 1. The van der Waals surface area contributed by atoms with Crippen LogP contribution in [0, 0.1) is 6.92 Å². The number of hydrogen-bond acceptors (Lipinski definition) is 2. The second-order valence-electron chi connectivity index (χ2n) is 3.56. The maximum Gasteiger partial charge on any atom is 0.0953 e. The highest BCUT2D eigenvalue weighted by molar-refractivity contribution is 6.31. The molecule has 0 fully saturated rings. The molecule has 1 aromatic carbocycles. The third-order valence-electron chi connectivity index (χ3n) is 2.39. The van der Waals surface area contributed by atoms with Gasteiger partial charge in [-0.15, -0.1) is 0 Å². The van der Waals surface area contributed by atoms with E-state index in [1.165, 1.54) is 0 Å². The van der Waals surface area contributed by atoms with Gasteiger partial charge in [0, 0.05) is 10.6 Å². The number of furan rings is 1. The Balaban J connectivity index is 2.38. The van der Waals surface area contributed by atoms with Gasteiger partial charge >= 0.3 is 0 Å². The van der Waals surface area contributed by atoms with Crippen molar-refractivity contribution >= 4 is 11.6 Å². The topological polar surface area (TPSA) is 39.2 Å². The zero-order chi connectivity index (χ0) is 10.8. The van der Waals surface area contributed by atoms with E-state index in [2.05, 4.69) is 0 Å². The molecule has 2 rings (SSSR count). The van der Waals surface area contributed by atoms with E-state index in [-0.39, 0.29) is 6.04 Å². The van der Waals surface area contributed by atoms with Gasteiger partial charge in [0.2, 0.25) is 0 Å². The summed E-state index contributed by atoms with van der Waals surface area (Å²) in [5, 5.41) is 0.698. The van der Waals surface area contributed by atoms with Crippen molar-refractivity contribution in [2.24, 2.45) is 5.73 Å². The molecular formula is C12H12ClNO. The second-order valence-corrected chi connectivity index (χ2v) is 3.97.